The lowest BCUT2D eigenvalue weighted by Gasteiger charge is -2.19. The zero-order valence-corrected chi connectivity index (χ0v) is 13.6. The number of halogens is 1. The zero-order chi connectivity index (χ0) is 14.5. The molecule has 1 N–H and O–H groups in total. The van der Waals surface area contributed by atoms with E-state index in [0.717, 1.165) is 18.1 Å². The van der Waals surface area contributed by atoms with E-state index in [1.54, 1.807) is 11.3 Å². The van der Waals surface area contributed by atoms with Crippen molar-refractivity contribution < 1.29 is 0 Å². The summed E-state index contributed by atoms with van der Waals surface area (Å²) >= 11 is 7.92. The number of rotatable bonds is 6. The molecule has 0 amide bonds. The maximum Gasteiger partial charge on any atom is 0.129 e. The minimum atomic E-state index is 0.417. The molecule has 0 aliphatic heterocycles. The van der Waals surface area contributed by atoms with E-state index in [-0.39, 0.29) is 0 Å². The summed E-state index contributed by atoms with van der Waals surface area (Å²) in [4.78, 5) is 6.80. The summed E-state index contributed by atoms with van der Waals surface area (Å²) in [7, 11) is 2.05. The van der Waals surface area contributed by atoms with Crippen molar-refractivity contribution >= 4 is 28.8 Å². The quantitative estimate of drug-likeness (QED) is 0.876. The summed E-state index contributed by atoms with van der Waals surface area (Å²) in [6.07, 6.45) is 0. The number of nitrogens with zero attached hydrogens (tertiary/aromatic N) is 2. The third-order valence-electron chi connectivity index (χ3n) is 2.97. The molecule has 0 saturated carbocycles. The molecule has 2 aromatic rings. The highest BCUT2D eigenvalue weighted by Crippen LogP contribution is 2.20. The van der Waals surface area contributed by atoms with Gasteiger partial charge < -0.3 is 10.2 Å². The number of nitrogens with one attached hydrogen (secondary N) is 1. The Morgan fingerprint density at radius 2 is 2.15 bits per heavy atom. The molecular weight excluding hydrogens is 290 g/mol. The van der Waals surface area contributed by atoms with E-state index in [4.69, 9.17) is 11.6 Å². The summed E-state index contributed by atoms with van der Waals surface area (Å²) in [5.41, 5.74) is 2.20. The van der Waals surface area contributed by atoms with E-state index >= 15 is 0 Å². The minimum Gasteiger partial charge on any atom is -0.355 e. The highest BCUT2D eigenvalue weighted by molar-refractivity contribution is 7.07. The Morgan fingerprint density at radius 1 is 1.35 bits per heavy atom. The van der Waals surface area contributed by atoms with Gasteiger partial charge in [0, 0.05) is 26.2 Å². The Balaban J connectivity index is 2.09. The van der Waals surface area contributed by atoms with Crippen LogP contribution in [0.2, 0.25) is 5.02 Å². The van der Waals surface area contributed by atoms with Crippen molar-refractivity contribution in [3.05, 3.63) is 45.2 Å². The fraction of sp³-hybridized carbons (Fsp3) is 0.400. The van der Waals surface area contributed by atoms with E-state index in [0.29, 0.717) is 17.6 Å². The van der Waals surface area contributed by atoms with Gasteiger partial charge in [-0.05, 0) is 34.5 Å². The summed E-state index contributed by atoms with van der Waals surface area (Å²) < 4.78 is 0. The summed E-state index contributed by atoms with van der Waals surface area (Å²) in [6.45, 7) is 5.77. The molecule has 20 heavy (non-hydrogen) atoms. The number of anilines is 1. The number of aromatic nitrogens is 1. The summed E-state index contributed by atoms with van der Waals surface area (Å²) in [5, 5.41) is 8.32. The monoisotopic (exact) mass is 309 g/mol. The van der Waals surface area contributed by atoms with Gasteiger partial charge in [-0.1, -0.05) is 25.4 Å². The van der Waals surface area contributed by atoms with E-state index in [1.165, 1.54) is 5.56 Å². The predicted octanol–water partition coefficient (Wildman–Crippen LogP) is 3.93. The van der Waals surface area contributed by atoms with Crippen molar-refractivity contribution in [2.24, 2.45) is 0 Å². The second kappa shape index (κ2) is 7.07. The zero-order valence-electron chi connectivity index (χ0n) is 12.1. The minimum absolute atomic E-state index is 0.417. The molecule has 2 rings (SSSR count). The second-order valence-electron chi connectivity index (χ2n) is 5.12. The van der Waals surface area contributed by atoms with Crippen LogP contribution < -0.4 is 10.2 Å². The van der Waals surface area contributed by atoms with Crippen molar-refractivity contribution in [3.63, 3.8) is 0 Å². The highest BCUT2D eigenvalue weighted by Gasteiger charge is 2.09. The molecule has 0 spiro atoms. The van der Waals surface area contributed by atoms with Crippen LogP contribution >= 0.6 is 22.9 Å². The Labute approximate surface area is 129 Å². The maximum atomic E-state index is 6.21. The average molecular weight is 310 g/mol. The number of hydrogen-bond donors (Lipinski definition) is 1. The van der Waals surface area contributed by atoms with Crippen LogP contribution in [-0.2, 0) is 13.1 Å². The fourth-order valence-corrected chi connectivity index (χ4v) is 2.68. The Morgan fingerprint density at radius 3 is 2.80 bits per heavy atom. The van der Waals surface area contributed by atoms with E-state index in [2.05, 4.69) is 45.9 Å². The lowest BCUT2D eigenvalue weighted by molar-refractivity contribution is 0.581. The van der Waals surface area contributed by atoms with Crippen molar-refractivity contribution in [3.8, 4) is 0 Å². The van der Waals surface area contributed by atoms with Crippen LogP contribution in [-0.4, -0.2) is 18.1 Å². The van der Waals surface area contributed by atoms with E-state index in [9.17, 15) is 0 Å². The molecule has 0 aromatic carbocycles. The first-order chi connectivity index (χ1) is 9.56. The van der Waals surface area contributed by atoms with Gasteiger partial charge in [-0.2, -0.15) is 11.3 Å². The van der Waals surface area contributed by atoms with Crippen molar-refractivity contribution in [2.45, 2.75) is 33.0 Å². The van der Waals surface area contributed by atoms with Gasteiger partial charge in [0.05, 0.1) is 10.7 Å². The molecule has 0 fully saturated rings. The summed E-state index contributed by atoms with van der Waals surface area (Å²) in [5.74, 6) is 0.946. The molecular formula is C15H20ClN3S. The molecule has 0 radical (unpaired) electrons. The molecule has 2 heterocycles. The van der Waals surface area contributed by atoms with Crippen LogP contribution in [0.1, 0.15) is 25.1 Å². The van der Waals surface area contributed by atoms with E-state index in [1.807, 2.05) is 19.2 Å². The lowest BCUT2D eigenvalue weighted by Crippen LogP contribution is -2.23. The van der Waals surface area contributed by atoms with Crippen LogP contribution in [0.3, 0.4) is 0 Å². The topological polar surface area (TPSA) is 28.2 Å². The van der Waals surface area contributed by atoms with Crippen molar-refractivity contribution in [2.75, 3.05) is 11.9 Å². The molecule has 0 bridgehead atoms. The SMILES string of the molecule is CC(C)NCc1nc(N(C)Cc2ccsc2)ccc1Cl. The molecule has 0 aliphatic rings. The molecule has 108 valence electrons. The normalized spacial score (nSPS) is 11.1. The Kier molecular flexibility index (Phi) is 5.40. The van der Waals surface area contributed by atoms with Gasteiger partial charge >= 0.3 is 0 Å². The first-order valence-electron chi connectivity index (χ1n) is 6.67. The van der Waals surface area contributed by atoms with Crippen molar-refractivity contribution in [1.82, 2.24) is 10.3 Å². The number of thiophene rings is 1. The van der Waals surface area contributed by atoms with Gasteiger partial charge in [-0.3, -0.25) is 0 Å². The van der Waals surface area contributed by atoms with Gasteiger partial charge in [-0.15, -0.1) is 0 Å². The largest absolute Gasteiger partial charge is 0.355 e. The summed E-state index contributed by atoms with van der Waals surface area (Å²) in [6, 6.07) is 6.44. The molecule has 0 unspecified atom stereocenters. The molecule has 0 aliphatic carbocycles. The van der Waals surface area contributed by atoms with Crippen LogP contribution in [0, 0.1) is 0 Å². The molecule has 2 aromatic heterocycles. The van der Waals surface area contributed by atoms with Gasteiger partial charge in [0.15, 0.2) is 0 Å². The second-order valence-corrected chi connectivity index (χ2v) is 6.31. The Hall–Kier alpha value is -1.10. The number of hydrogen-bond acceptors (Lipinski definition) is 4. The first-order valence-corrected chi connectivity index (χ1v) is 7.99. The molecule has 3 nitrogen and oxygen atoms in total. The smallest absolute Gasteiger partial charge is 0.129 e. The van der Waals surface area contributed by atoms with Gasteiger partial charge in [0.2, 0.25) is 0 Å². The van der Waals surface area contributed by atoms with Crippen LogP contribution in [0.4, 0.5) is 5.82 Å². The third-order valence-corrected chi connectivity index (χ3v) is 4.05. The Bertz CT molecular complexity index is 540. The van der Waals surface area contributed by atoms with Gasteiger partial charge in [0.1, 0.15) is 5.82 Å². The van der Waals surface area contributed by atoms with E-state index < -0.39 is 0 Å². The van der Waals surface area contributed by atoms with Gasteiger partial charge in [0.25, 0.3) is 0 Å². The average Bonchev–Trinajstić information content (AvgIpc) is 2.90. The van der Waals surface area contributed by atoms with Crippen LogP contribution in [0.15, 0.2) is 29.0 Å². The molecule has 0 atom stereocenters. The fourth-order valence-electron chi connectivity index (χ4n) is 1.85. The molecule has 5 heteroatoms. The third kappa shape index (κ3) is 4.20. The van der Waals surface area contributed by atoms with Crippen LogP contribution in [0.25, 0.3) is 0 Å². The van der Waals surface area contributed by atoms with Crippen LogP contribution in [0.5, 0.6) is 0 Å². The predicted molar refractivity (Wildman–Crippen MR) is 87.6 cm³/mol. The first kappa shape index (κ1) is 15.3. The van der Waals surface area contributed by atoms with Crippen molar-refractivity contribution in [1.29, 1.82) is 0 Å². The number of pyridine rings is 1. The standard InChI is InChI=1S/C15H20ClN3S/c1-11(2)17-8-14-13(16)4-5-15(18-14)19(3)9-12-6-7-20-10-12/h4-7,10-11,17H,8-9H2,1-3H3. The maximum absolute atomic E-state index is 6.21. The molecule has 0 saturated heterocycles. The lowest BCUT2D eigenvalue weighted by atomic mass is 10.3. The highest BCUT2D eigenvalue weighted by atomic mass is 35.5. The van der Waals surface area contributed by atoms with Gasteiger partial charge in [-0.25, -0.2) is 4.98 Å².